The van der Waals surface area contributed by atoms with E-state index in [1.807, 2.05) is 0 Å². The van der Waals surface area contributed by atoms with Crippen molar-refractivity contribution in [1.29, 1.82) is 0 Å². The molecule has 2 aromatic heterocycles. The Kier molecular flexibility index (Phi) is 5.07. The summed E-state index contributed by atoms with van der Waals surface area (Å²) in [4.78, 5) is 4.74. The van der Waals surface area contributed by atoms with Crippen LogP contribution in [0.4, 0.5) is 34.1 Å². The second-order valence-electron chi connectivity index (χ2n) is 10.7. The van der Waals surface area contributed by atoms with Gasteiger partial charge in [-0.2, -0.15) is 0 Å². The molecule has 8 aromatic rings. The summed E-state index contributed by atoms with van der Waals surface area (Å²) >= 11 is 1.80. The Labute approximate surface area is 247 Å². The highest BCUT2D eigenvalue weighted by atomic mass is 32.1. The summed E-state index contributed by atoms with van der Waals surface area (Å²) in [6, 6.07) is 52.6. The molecule has 3 nitrogen and oxygen atoms in total. The van der Waals surface area contributed by atoms with E-state index in [-0.39, 0.29) is 0 Å². The Balaban J connectivity index is 1.22. The number of thiophene rings is 1. The van der Waals surface area contributed by atoms with E-state index >= 15 is 0 Å². The molecule has 3 heterocycles. The molecule has 6 aromatic carbocycles. The van der Waals surface area contributed by atoms with Crippen molar-refractivity contribution in [2.45, 2.75) is 0 Å². The minimum Gasteiger partial charge on any atom is -0.309 e. The van der Waals surface area contributed by atoms with Crippen LogP contribution in [0.1, 0.15) is 0 Å². The zero-order chi connectivity index (χ0) is 27.6. The van der Waals surface area contributed by atoms with E-state index in [0.717, 1.165) is 39.8 Å². The maximum absolute atomic E-state index is 2.41. The second-order valence-corrected chi connectivity index (χ2v) is 11.6. The summed E-state index contributed by atoms with van der Waals surface area (Å²) in [5.74, 6) is 0. The van der Waals surface area contributed by atoms with Gasteiger partial charge in [-0.05, 0) is 95.7 Å². The number of hydrogen-bond donors (Lipinski definition) is 0. The van der Waals surface area contributed by atoms with Gasteiger partial charge in [-0.15, -0.1) is 11.3 Å². The first-order valence-electron chi connectivity index (χ1n) is 14.2. The molecule has 1 aliphatic heterocycles. The third-order valence-electron chi connectivity index (χ3n) is 8.35. The standard InChI is InChI=1S/C38H25N3S/c1-2-10-27(11-3-1)40-33-14-6-8-16-35(33)41(36-17-9-7-15-34(36)40)29-20-18-28(19-21-29)39-32-13-5-4-12-30(32)31-24-26-22-23-42-38(26)25-37(31)39/h1-25H. The molecule has 0 atom stereocenters. The summed E-state index contributed by atoms with van der Waals surface area (Å²) in [7, 11) is 0. The number of fused-ring (bicyclic) bond motifs is 6. The highest BCUT2D eigenvalue weighted by Gasteiger charge is 2.30. The molecule has 0 N–H and O–H groups in total. The predicted octanol–water partition coefficient (Wildman–Crippen LogP) is 11.3. The van der Waals surface area contributed by atoms with Crippen molar-refractivity contribution in [3.05, 3.63) is 151 Å². The van der Waals surface area contributed by atoms with E-state index in [1.54, 1.807) is 11.3 Å². The van der Waals surface area contributed by atoms with Crippen LogP contribution in [0.5, 0.6) is 0 Å². The molecule has 0 fully saturated rings. The van der Waals surface area contributed by atoms with Gasteiger partial charge in [-0.3, -0.25) is 0 Å². The lowest BCUT2D eigenvalue weighted by atomic mass is 10.0. The van der Waals surface area contributed by atoms with Crippen molar-refractivity contribution >= 4 is 77.4 Å². The van der Waals surface area contributed by atoms with Gasteiger partial charge >= 0.3 is 0 Å². The van der Waals surface area contributed by atoms with E-state index in [2.05, 4.69) is 165 Å². The lowest BCUT2D eigenvalue weighted by molar-refractivity contribution is 1.15. The molecule has 0 radical (unpaired) electrons. The molecule has 42 heavy (non-hydrogen) atoms. The van der Waals surface area contributed by atoms with Crippen LogP contribution < -0.4 is 9.80 Å². The third-order valence-corrected chi connectivity index (χ3v) is 9.23. The molecular formula is C38H25N3S. The molecule has 0 amide bonds. The first kappa shape index (κ1) is 23.4. The lowest BCUT2D eigenvalue weighted by Crippen LogP contribution is -2.23. The number of rotatable bonds is 3. The van der Waals surface area contributed by atoms with Gasteiger partial charge in [0, 0.05) is 32.5 Å². The Morgan fingerprint density at radius 1 is 0.405 bits per heavy atom. The van der Waals surface area contributed by atoms with Crippen molar-refractivity contribution in [2.24, 2.45) is 0 Å². The van der Waals surface area contributed by atoms with Gasteiger partial charge in [-0.25, -0.2) is 0 Å². The molecule has 4 heteroatoms. The van der Waals surface area contributed by atoms with Crippen LogP contribution in [0.3, 0.4) is 0 Å². The smallest absolute Gasteiger partial charge is 0.0703 e. The maximum Gasteiger partial charge on any atom is 0.0703 e. The average Bonchev–Trinajstić information content (AvgIpc) is 3.65. The van der Waals surface area contributed by atoms with Crippen LogP contribution in [-0.2, 0) is 0 Å². The van der Waals surface area contributed by atoms with E-state index in [1.165, 1.54) is 31.9 Å². The average molecular weight is 556 g/mol. The lowest BCUT2D eigenvalue weighted by Gasteiger charge is -2.40. The first-order chi connectivity index (χ1) is 20.8. The number of para-hydroxylation sites is 6. The van der Waals surface area contributed by atoms with Crippen molar-refractivity contribution < 1.29 is 0 Å². The molecule has 1 aliphatic rings. The van der Waals surface area contributed by atoms with Gasteiger partial charge in [0.05, 0.1) is 33.8 Å². The van der Waals surface area contributed by atoms with Crippen molar-refractivity contribution in [3.8, 4) is 5.69 Å². The quantitative estimate of drug-likeness (QED) is 0.215. The Morgan fingerprint density at radius 2 is 0.952 bits per heavy atom. The number of anilines is 6. The maximum atomic E-state index is 2.41. The summed E-state index contributed by atoms with van der Waals surface area (Å²) in [5, 5.41) is 6.06. The van der Waals surface area contributed by atoms with Gasteiger partial charge in [0.1, 0.15) is 0 Å². The molecule has 0 bridgehead atoms. The fourth-order valence-electron chi connectivity index (χ4n) is 6.53. The largest absolute Gasteiger partial charge is 0.309 e. The first-order valence-corrected chi connectivity index (χ1v) is 15.1. The molecule has 198 valence electrons. The third kappa shape index (κ3) is 3.39. The van der Waals surface area contributed by atoms with Gasteiger partial charge in [0.2, 0.25) is 0 Å². The fraction of sp³-hybridized carbons (Fsp3) is 0. The summed E-state index contributed by atoms with van der Waals surface area (Å²) in [6.45, 7) is 0. The van der Waals surface area contributed by atoms with Crippen LogP contribution in [0.2, 0.25) is 0 Å². The molecule has 0 unspecified atom stereocenters. The minimum atomic E-state index is 1.13. The number of benzene rings is 6. The molecule has 0 saturated carbocycles. The van der Waals surface area contributed by atoms with Gasteiger partial charge in [0.15, 0.2) is 0 Å². The highest BCUT2D eigenvalue weighted by molar-refractivity contribution is 7.17. The van der Waals surface area contributed by atoms with Crippen molar-refractivity contribution in [1.82, 2.24) is 4.57 Å². The Morgan fingerprint density at radius 3 is 1.62 bits per heavy atom. The zero-order valence-corrected chi connectivity index (χ0v) is 23.5. The molecule has 0 aliphatic carbocycles. The zero-order valence-electron chi connectivity index (χ0n) is 22.7. The summed E-state index contributed by atoms with van der Waals surface area (Å²) < 4.78 is 3.72. The highest BCUT2D eigenvalue weighted by Crippen LogP contribution is 2.53. The van der Waals surface area contributed by atoms with E-state index < -0.39 is 0 Å². The summed E-state index contributed by atoms with van der Waals surface area (Å²) in [5.41, 5.74) is 10.5. The molecule has 0 saturated heterocycles. The van der Waals surface area contributed by atoms with Crippen molar-refractivity contribution in [2.75, 3.05) is 9.80 Å². The van der Waals surface area contributed by atoms with Crippen LogP contribution in [0.15, 0.2) is 151 Å². The van der Waals surface area contributed by atoms with E-state index in [9.17, 15) is 0 Å². The number of hydrogen-bond acceptors (Lipinski definition) is 3. The van der Waals surface area contributed by atoms with Gasteiger partial charge < -0.3 is 14.4 Å². The van der Waals surface area contributed by atoms with Crippen molar-refractivity contribution in [3.63, 3.8) is 0 Å². The Bertz CT molecular complexity index is 2210. The molecular weight excluding hydrogens is 531 g/mol. The fourth-order valence-corrected chi connectivity index (χ4v) is 7.34. The van der Waals surface area contributed by atoms with Gasteiger partial charge in [-0.1, -0.05) is 60.7 Å². The monoisotopic (exact) mass is 555 g/mol. The number of nitrogens with zero attached hydrogens (tertiary/aromatic N) is 3. The van der Waals surface area contributed by atoms with E-state index in [0.29, 0.717) is 0 Å². The molecule has 9 rings (SSSR count). The Hall–Kier alpha value is -5.32. The van der Waals surface area contributed by atoms with E-state index in [4.69, 9.17) is 0 Å². The van der Waals surface area contributed by atoms with Gasteiger partial charge in [0.25, 0.3) is 0 Å². The SMILES string of the molecule is c1ccc(N2c3ccccc3N(c3ccc(-n4c5ccccc5c5cc6ccsc6cc54)cc3)c3ccccc32)cc1. The second kappa shape index (κ2) is 9.10. The predicted molar refractivity (Wildman–Crippen MR) is 179 cm³/mol. The summed E-state index contributed by atoms with van der Waals surface area (Å²) in [6.07, 6.45) is 0. The normalized spacial score (nSPS) is 12.7. The van der Waals surface area contributed by atoms with Crippen LogP contribution in [-0.4, -0.2) is 4.57 Å². The van der Waals surface area contributed by atoms with Crippen LogP contribution >= 0.6 is 11.3 Å². The number of aromatic nitrogens is 1. The topological polar surface area (TPSA) is 11.4 Å². The van der Waals surface area contributed by atoms with Crippen LogP contribution in [0.25, 0.3) is 37.6 Å². The molecule has 0 spiro atoms. The minimum absolute atomic E-state index is 1.13. The van der Waals surface area contributed by atoms with Crippen LogP contribution in [0, 0.1) is 0 Å².